The average Bonchev–Trinajstić information content (AvgIpc) is 3.39. The van der Waals surface area contributed by atoms with E-state index in [0.717, 1.165) is 11.3 Å². The maximum absolute atomic E-state index is 12.9. The number of carbonyl (C=O) groups excluding carboxylic acids is 3. The van der Waals surface area contributed by atoms with Gasteiger partial charge in [-0.05, 0) is 42.0 Å². The van der Waals surface area contributed by atoms with Gasteiger partial charge in [0.2, 0.25) is 0 Å². The molecule has 3 aromatic carbocycles. The van der Waals surface area contributed by atoms with Crippen LogP contribution in [0.15, 0.2) is 90.3 Å². The number of ether oxygens (including phenoxy) is 2. The number of esters is 1. The van der Waals surface area contributed by atoms with E-state index in [-0.39, 0.29) is 0 Å². The minimum Gasteiger partial charge on any atom is -0.497 e. The number of carbonyl (C=O) groups is 3. The van der Waals surface area contributed by atoms with Gasteiger partial charge in [-0.25, -0.2) is 9.78 Å². The number of aromatic nitrogens is 1. The van der Waals surface area contributed by atoms with Crippen molar-refractivity contribution in [2.24, 2.45) is 0 Å². The number of anilines is 1. The zero-order valence-electron chi connectivity index (χ0n) is 19.3. The molecule has 4 rings (SSSR count). The van der Waals surface area contributed by atoms with Crippen LogP contribution < -0.4 is 15.4 Å². The van der Waals surface area contributed by atoms with Gasteiger partial charge >= 0.3 is 5.97 Å². The summed E-state index contributed by atoms with van der Waals surface area (Å²) in [7, 11) is 1.59. The molecular formula is C27H23N3O5S. The highest BCUT2D eigenvalue weighted by atomic mass is 32.1. The first kappa shape index (κ1) is 24.6. The molecule has 1 heterocycles. The summed E-state index contributed by atoms with van der Waals surface area (Å²) in [6, 6.07) is 23.6. The summed E-state index contributed by atoms with van der Waals surface area (Å²) >= 11 is 1.25. The van der Waals surface area contributed by atoms with Gasteiger partial charge in [0.1, 0.15) is 5.75 Å². The summed E-state index contributed by atoms with van der Waals surface area (Å²) in [6.45, 7) is -0.527. The van der Waals surface area contributed by atoms with Gasteiger partial charge in [-0.15, -0.1) is 11.3 Å². The maximum atomic E-state index is 12.9. The van der Waals surface area contributed by atoms with Gasteiger partial charge < -0.3 is 14.8 Å². The molecule has 0 spiro atoms. The van der Waals surface area contributed by atoms with Crippen LogP contribution >= 0.6 is 11.3 Å². The van der Waals surface area contributed by atoms with E-state index in [0.29, 0.717) is 22.0 Å². The fourth-order valence-electron chi connectivity index (χ4n) is 3.33. The average molecular weight is 502 g/mol. The first-order chi connectivity index (χ1) is 17.5. The van der Waals surface area contributed by atoms with Crippen molar-refractivity contribution in [1.82, 2.24) is 10.3 Å². The summed E-state index contributed by atoms with van der Waals surface area (Å²) in [5.41, 5.74) is 2.51. The number of benzene rings is 3. The quantitative estimate of drug-likeness (QED) is 0.328. The zero-order chi connectivity index (χ0) is 25.3. The molecule has 2 amide bonds. The predicted octanol–water partition coefficient (Wildman–Crippen LogP) is 4.47. The molecule has 0 saturated heterocycles. The molecule has 4 aromatic rings. The van der Waals surface area contributed by atoms with Crippen LogP contribution in [0.25, 0.3) is 11.3 Å². The highest BCUT2D eigenvalue weighted by Crippen LogP contribution is 2.26. The number of rotatable bonds is 9. The Kier molecular flexibility index (Phi) is 8.05. The van der Waals surface area contributed by atoms with Crippen molar-refractivity contribution < 1.29 is 23.9 Å². The van der Waals surface area contributed by atoms with Crippen LogP contribution in [0.3, 0.4) is 0 Å². The lowest BCUT2D eigenvalue weighted by atomic mass is 10.1. The van der Waals surface area contributed by atoms with Crippen molar-refractivity contribution in [2.45, 2.75) is 6.04 Å². The molecule has 0 radical (unpaired) electrons. The molecule has 1 unspecified atom stereocenters. The Morgan fingerprint density at radius 3 is 2.25 bits per heavy atom. The van der Waals surface area contributed by atoms with Crippen LogP contribution in [-0.2, 0) is 14.3 Å². The van der Waals surface area contributed by atoms with E-state index in [9.17, 15) is 14.4 Å². The summed E-state index contributed by atoms with van der Waals surface area (Å²) in [4.78, 5) is 42.4. The number of amides is 2. The molecule has 0 saturated carbocycles. The van der Waals surface area contributed by atoms with Crippen molar-refractivity contribution in [2.75, 3.05) is 19.0 Å². The normalized spacial score (nSPS) is 11.2. The molecule has 0 bridgehead atoms. The summed E-state index contributed by atoms with van der Waals surface area (Å²) in [6.07, 6.45) is 0. The number of nitrogens with one attached hydrogen (secondary N) is 2. The lowest BCUT2D eigenvalue weighted by Gasteiger charge is -2.18. The lowest BCUT2D eigenvalue weighted by Crippen LogP contribution is -2.36. The van der Waals surface area contributed by atoms with Gasteiger partial charge in [-0.2, -0.15) is 0 Å². The standard InChI is InChI=1S/C27H23N3O5S/c1-34-21-14-12-18(13-15-21)22-17-36-27(28-22)29-23(31)16-35-26(33)24(19-8-4-2-5-9-19)30-25(32)20-10-6-3-7-11-20/h2-15,17,24H,16H2,1H3,(H,30,32)(H,28,29,31). The molecule has 9 heteroatoms. The Bertz CT molecular complexity index is 1320. The van der Waals surface area contributed by atoms with E-state index in [1.165, 1.54) is 11.3 Å². The molecule has 0 fully saturated rings. The molecule has 36 heavy (non-hydrogen) atoms. The van der Waals surface area contributed by atoms with Crippen LogP contribution in [-0.4, -0.2) is 36.5 Å². The SMILES string of the molecule is COc1ccc(-c2csc(NC(=O)COC(=O)C(NC(=O)c3ccccc3)c3ccccc3)n2)cc1. The minimum atomic E-state index is -1.08. The fraction of sp³-hybridized carbons (Fsp3) is 0.111. The van der Waals surface area contributed by atoms with Crippen molar-refractivity contribution in [3.63, 3.8) is 0 Å². The number of hydrogen-bond acceptors (Lipinski definition) is 7. The van der Waals surface area contributed by atoms with E-state index in [4.69, 9.17) is 9.47 Å². The minimum absolute atomic E-state index is 0.374. The van der Waals surface area contributed by atoms with Crippen LogP contribution in [0.5, 0.6) is 5.75 Å². The smallest absolute Gasteiger partial charge is 0.333 e. The topological polar surface area (TPSA) is 107 Å². The zero-order valence-corrected chi connectivity index (χ0v) is 20.2. The summed E-state index contributed by atoms with van der Waals surface area (Å²) in [5.74, 6) is -0.989. The third-order valence-corrected chi connectivity index (χ3v) is 5.92. The van der Waals surface area contributed by atoms with Crippen LogP contribution in [0.4, 0.5) is 5.13 Å². The Hall–Kier alpha value is -4.50. The predicted molar refractivity (Wildman–Crippen MR) is 137 cm³/mol. The van der Waals surface area contributed by atoms with Gasteiger partial charge in [0.25, 0.3) is 11.8 Å². The Morgan fingerprint density at radius 2 is 1.58 bits per heavy atom. The van der Waals surface area contributed by atoms with Crippen molar-refractivity contribution in [3.8, 4) is 17.0 Å². The Labute approximate surface area is 211 Å². The number of hydrogen-bond donors (Lipinski definition) is 2. The highest BCUT2D eigenvalue weighted by Gasteiger charge is 2.25. The van der Waals surface area contributed by atoms with Gasteiger partial charge in [0.05, 0.1) is 12.8 Å². The Morgan fingerprint density at radius 1 is 0.917 bits per heavy atom. The largest absolute Gasteiger partial charge is 0.497 e. The number of methoxy groups -OCH3 is 1. The van der Waals surface area contributed by atoms with Crippen molar-refractivity contribution in [3.05, 3.63) is 101 Å². The van der Waals surface area contributed by atoms with Gasteiger partial charge in [0, 0.05) is 16.5 Å². The third kappa shape index (κ3) is 6.34. The van der Waals surface area contributed by atoms with Gasteiger partial charge in [-0.3, -0.25) is 14.9 Å². The van der Waals surface area contributed by atoms with E-state index >= 15 is 0 Å². The van der Waals surface area contributed by atoms with Crippen LogP contribution in [0.2, 0.25) is 0 Å². The first-order valence-corrected chi connectivity index (χ1v) is 11.9. The molecule has 1 atom stereocenters. The second-order valence-corrected chi connectivity index (χ2v) is 8.46. The summed E-state index contributed by atoms with van der Waals surface area (Å²) < 4.78 is 10.4. The molecule has 0 aliphatic rings. The summed E-state index contributed by atoms with van der Waals surface area (Å²) in [5, 5.41) is 7.51. The third-order valence-electron chi connectivity index (χ3n) is 5.16. The fourth-order valence-corrected chi connectivity index (χ4v) is 4.06. The molecule has 0 aliphatic heterocycles. The molecule has 8 nitrogen and oxygen atoms in total. The molecule has 1 aromatic heterocycles. The monoisotopic (exact) mass is 501 g/mol. The molecule has 0 aliphatic carbocycles. The number of nitrogens with zero attached hydrogens (tertiary/aromatic N) is 1. The van der Waals surface area contributed by atoms with Gasteiger partial charge in [-0.1, -0.05) is 48.5 Å². The second kappa shape index (κ2) is 11.8. The highest BCUT2D eigenvalue weighted by molar-refractivity contribution is 7.14. The number of thiazole rings is 1. The van der Waals surface area contributed by atoms with Crippen molar-refractivity contribution in [1.29, 1.82) is 0 Å². The van der Waals surface area contributed by atoms with E-state index in [2.05, 4.69) is 15.6 Å². The maximum Gasteiger partial charge on any atom is 0.333 e. The lowest BCUT2D eigenvalue weighted by molar-refractivity contribution is -0.149. The van der Waals surface area contributed by atoms with E-state index in [1.807, 2.05) is 29.6 Å². The van der Waals surface area contributed by atoms with Gasteiger partial charge in [0.15, 0.2) is 17.8 Å². The van der Waals surface area contributed by atoms with E-state index < -0.39 is 30.4 Å². The van der Waals surface area contributed by atoms with Crippen LogP contribution in [0, 0.1) is 0 Å². The van der Waals surface area contributed by atoms with E-state index in [1.54, 1.807) is 67.8 Å². The molecule has 182 valence electrons. The first-order valence-electron chi connectivity index (χ1n) is 11.0. The van der Waals surface area contributed by atoms with Crippen LogP contribution in [0.1, 0.15) is 22.0 Å². The second-order valence-electron chi connectivity index (χ2n) is 7.61. The molecular weight excluding hydrogens is 478 g/mol. The Balaban J connectivity index is 1.37. The van der Waals surface area contributed by atoms with Crippen molar-refractivity contribution >= 4 is 34.3 Å². The molecule has 2 N–H and O–H groups in total.